The molecule has 1 aliphatic carbocycles. The summed E-state index contributed by atoms with van der Waals surface area (Å²) in [5, 5.41) is 37.7. The second-order valence-electron chi connectivity index (χ2n) is 8.06. The van der Waals surface area contributed by atoms with E-state index in [-0.39, 0.29) is 35.7 Å². The lowest BCUT2D eigenvalue weighted by molar-refractivity contribution is -0.136. The zero-order valence-electron chi connectivity index (χ0n) is 17.1. The lowest BCUT2D eigenvalue weighted by Crippen LogP contribution is -2.59. The number of ether oxygens (including phenoxy) is 1. The molecule has 31 heavy (non-hydrogen) atoms. The van der Waals surface area contributed by atoms with Crippen molar-refractivity contribution in [2.24, 2.45) is 11.7 Å². The third-order valence-corrected chi connectivity index (χ3v) is 5.31. The summed E-state index contributed by atoms with van der Waals surface area (Å²) < 4.78 is 5.73. The lowest BCUT2D eigenvalue weighted by atomic mass is 9.82. The van der Waals surface area contributed by atoms with Gasteiger partial charge < -0.3 is 30.7 Å². The fourth-order valence-corrected chi connectivity index (χ4v) is 3.28. The molecule has 0 bridgehead atoms. The highest BCUT2D eigenvalue weighted by Gasteiger charge is 2.33. The van der Waals surface area contributed by atoms with E-state index in [2.05, 4.69) is 5.48 Å². The van der Waals surface area contributed by atoms with Gasteiger partial charge in [-0.3, -0.25) is 14.5 Å². The number of nitrogens with zero attached hydrogens (tertiary/aromatic N) is 1. The zero-order chi connectivity index (χ0) is 22.5. The molecule has 12 heteroatoms. The molecule has 3 rings (SSSR count). The van der Waals surface area contributed by atoms with Gasteiger partial charge in [0.2, 0.25) is 0 Å². The molecule has 1 amide bonds. The maximum Gasteiger partial charge on any atom is 0.451 e. The first-order valence-corrected chi connectivity index (χ1v) is 10.2. The van der Waals surface area contributed by atoms with Crippen molar-refractivity contribution in [3.05, 3.63) is 23.3 Å². The number of aryl methyl sites for hydroxylation is 1. The number of aromatic hydroxyl groups is 1. The molecule has 7 N–H and O–H groups in total. The van der Waals surface area contributed by atoms with Gasteiger partial charge in [-0.15, -0.1) is 0 Å². The summed E-state index contributed by atoms with van der Waals surface area (Å²) in [6.45, 7) is 1.69. The van der Waals surface area contributed by atoms with Gasteiger partial charge in [0.1, 0.15) is 23.2 Å². The van der Waals surface area contributed by atoms with E-state index in [0.29, 0.717) is 32.2 Å². The number of carbonyl (C=O) groups is 2. The van der Waals surface area contributed by atoms with E-state index in [1.807, 2.05) is 4.90 Å². The van der Waals surface area contributed by atoms with E-state index in [1.165, 1.54) is 12.1 Å². The van der Waals surface area contributed by atoms with Crippen LogP contribution in [-0.2, 0) is 16.1 Å². The molecule has 170 valence electrons. The van der Waals surface area contributed by atoms with E-state index in [4.69, 9.17) is 25.4 Å². The Bertz CT molecular complexity index is 799. The third kappa shape index (κ3) is 6.55. The highest BCUT2D eigenvalue weighted by molar-refractivity contribution is 6.41. The normalized spacial score (nSPS) is 17.6. The van der Waals surface area contributed by atoms with Crippen LogP contribution in [0.25, 0.3) is 0 Å². The second-order valence-corrected chi connectivity index (χ2v) is 8.06. The van der Waals surface area contributed by atoms with Crippen LogP contribution in [0.4, 0.5) is 0 Å². The number of carboxylic acids is 1. The van der Waals surface area contributed by atoms with Crippen molar-refractivity contribution in [3.8, 4) is 11.5 Å². The molecular formula is C19H28BN3O8. The van der Waals surface area contributed by atoms with E-state index in [1.54, 1.807) is 0 Å². The molecule has 0 radical (unpaired) electrons. The van der Waals surface area contributed by atoms with Gasteiger partial charge in [0.25, 0.3) is 5.91 Å². The number of hydrogen-bond donors (Lipinski definition) is 6. The largest absolute Gasteiger partial charge is 0.507 e. The Hall–Kier alpha value is -2.38. The van der Waals surface area contributed by atoms with E-state index in [0.717, 1.165) is 12.8 Å². The van der Waals surface area contributed by atoms with Crippen LogP contribution in [0.1, 0.15) is 28.8 Å². The number of nitrogens with two attached hydrogens (primary N) is 1. The van der Waals surface area contributed by atoms with Gasteiger partial charge >= 0.3 is 13.1 Å². The number of phenols is 1. The Labute approximate surface area is 179 Å². The van der Waals surface area contributed by atoms with Crippen LogP contribution in [0.2, 0.25) is 6.32 Å². The Morgan fingerprint density at radius 3 is 2.61 bits per heavy atom. The minimum Gasteiger partial charge on any atom is -0.507 e. The summed E-state index contributed by atoms with van der Waals surface area (Å²) in [5.74, 6) is -1.65. The van der Waals surface area contributed by atoms with Crippen molar-refractivity contribution >= 4 is 19.0 Å². The second kappa shape index (κ2) is 10.3. The number of likely N-dealkylation sites (tertiary alicyclic amines) is 1. The summed E-state index contributed by atoms with van der Waals surface area (Å²) >= 11 is 0. The van der Waals surface area contributed by atoms with E-state index in [9.17, 15) is 19.8 Å². The van der Waals surface area contributed by atoms with Gasteiger partial charge in [0, 0.05) is 19.6 Å². The maximum atomic E-state index is 11.9. The summed E-state index contributed by atoms with van der Waals surface area (Å²) in [6, 6.07) is 2.18. The molecule has 0 spiro atoms. The number of amides is 1. The Kier molecular flexibility index (Phi) is 7.73. The number of hydrogen-bond acceptors (Lipinski definition) is 9. The minimum absolute atomic E-state index is 0.0264. The number of nitrogens with one attached hydrogen (secondary N) is 1. The summed E-state index contributed by atoms with van der Waals surface area (Å²) in [7, 11) is -1.55. The fourth-order valence-electron chi connectivity index (χ4n) is 3.28. The van der Waals surface area contributed by atoms with Crippen LogP contribution in [-0.4, -0.2) is 82.5 Å². The van der Waals surface area contributed by atoms with Gasteiger partial charge in [0.05, 0.1) is 12.6 Å². The monoisotopic (exact) mass is 437 g/mol. The zero-order valence-corrected chi connectivity index (χ0v) is 17.1. The summed E-state index contributed by atoms with van der Waals surface area (Å²) in [6.07, 6.45) is 1.99. The summed E-state index contributed by atoms with van der Waals surface area (Å²) in [4.78, 5) is 30.6. The molecular weight excluding hydrogens is 409 g/mol. The fraction of sp³-hybridized carbons (Fsp3) is 0.579. The van der Waals surface area contributed by atoms with Crippen LogP contribution in [0.15, 0.2) is 12.1 Å². The lowest BCUT2D eigenvalue weighted by Gasteiger charge is -2.40. The molecule has 1 aliphatic heterocycles. The summed E-state index contributed by atoms with van der Waals surface area (Å²) in [5.41, 5.74) is 8.17. The van der Waals surface area contributed by atoms with Crippen molar-refractivity contribution in [3.63, 3.8) is 0 Å². The van der Waals surface area contributed by atoms with Crippen LogP contribution in [0.5, 0.6) is 11.5 Å². The first-order chi connectivity index (χ1) is 14.7. The highest BCUT2D eigenvalue weighted by Crippen LogP contribution is 2.34. The average Bonchev–Trinajstić information content (AvgIpc) is 3.49. The molecule has 11 nitrogen and oxygen atoms in total. The smallest absolute Gasteiger partial charge is 0.451 e. The molecule has 1 heterocycles. The van der Waals surface area contributed by atoms with Crippen molar-refractivity contribution in [1.29, 1.82) is 0 Å². The van der Waals surface area contributed by atoms with Gasteiger partial charge in [0.15, 0.2) is 0 Å². The predicted molar refractivity (Wildman–Crippen MR) is 109 cm³/mol. The number of carbonyl (C=O) groups excluding carboxylic acids is 1. The Balaban J connectivity index is 1.48. The van der Waals surface area contributed by atoms with E-state index < -0.39 is 30.8 Å². The predicted octanol–water partition coefficient (Wildman–Crippen LogP) is -1.05. The van der Waals surface area contributed by atoms with Crippen molar-refractivity contribution in [2.45, 2.75) is 37.7 Å². The quantitative estimate of drug-likeness (QED) is 0.175. The van der Waals surface area contributed by atoms with Crippen molar-refractivity contribution in [1.82, 2.24) is 10.4 Å². The topological polar surface area (TPSA) is 175 Å². The van der Waals surface area contributed by atoms with Gasteiger partial charge in [-0.1, -0.05) is 6.07 Å². The van der Waals surface area contributed by atoms with Crippen LogP contribution in [0.3, 0.4) is 0 Å². The van der Waals surface area contributed by atoms with Crippen LogP contribution < -0.4 is 16.0 Å². The number of carboxylic acid groups (broad SMARTS) is 1. The van der Waals surface area contributed by atoms with Crippen LogP contribution >= 0.6 is 0 Å². The SMILES string of the molecule is N[C@@H](CN1CC(Oc2ccc(CCB(O)O)c(O)c2C(=O)O)C1)C(=O)NOCC1CC1. The molecule has 0 aromatic heterocycles. The molecule has 1 saturated carbocycles. The third-order valence-electron chi connectivity index (χ3n) is 5.31. The maximum absolute atomic E-state index is 11.9. The molecule has 1 aromatic rings. The molecule has 2 aliphatic rings. The highest BCUT2D eigenvalue weighted by atomic mass is 16.7. The van der Waals surface area contributed by atoms with E-state index >= 15 is 0 Å². The number of benzene rings is 1. The first kappa shape index (κ1) is 23.3. The van der Waals surface area contributed by atoms with Crippen LogP contribution in [0, 0.1) is 5.92 Å². The van der Waals surface area contributed by atoms with Gasteiger partial charge in [-0.25, -0.2) is 10.3 Å². The van der Waals surface area contributed by atoms with Crippen molar-refractivity contribution in [2.75, 3.05) is 26.2 Å². The Morgan fingerprint density at radius 2 is 2.00 bits per heavy atom. The molecule has 1 aromatic carbocycles. The number of rotatable bonds is 12. The van der Waals surface area contributed by atoms with Gasteiger partial charge in [-0.2, -0.15) is 0 Å². The molecule has 2 fully saturated rings. The first-order valence-electron chi connectivity index (χ1n) is 10.2. The average molecular weight is 437 g/mol. The molecule has 1 saturated heterocycles. The number of hydroxylamine groups is 1. The van der Waals surface area contributed by atoms with Crippen molar-refractivity contribution < 1.29 is 39.4 Å². The molecule has 1 atom stereocenters. The standard InChI is InChI=1S/C19H28BN3O8/c21-14(18(25)22-30-10-11-1-2-11)9-23-7-13(8-23)31-15-4-3-12(5-6-20(28)29)17(24)16(15)19(26)27/h3-4,11,13-14,24,28-29H,1-2,5-10,21H2,(H,22,25)(H,26,27)/t14-/m0/s1. The van der Waals surface area contributed by atoms with Gasteiger partial charge in [-0.05, 0) is 43.1 Å². The molecule has 0 unspecified atom stereocenters. The minimum atomic E-state index is -1.55. The Morgan fingerprint density at radius 1 is 1.29 bits per heavy atom. The number of aromatic carboxylic acids is 1.